The van der Waals surface area contributed by atoms with E-state index >= 15 is 0 Å². The van der Waals surface area contributed by atoms with Crippen molar-refractivity contribution < 1.29 is 9.59 Å². The maximum absolute atomic E-state index is 12.4. The zero-order chi connectivity index (χ0) is 17.7. The first kappa shape index (κ1) is 17.8. The van der Waals surface area contributed by atoms with Crippen LogP contribution in [0.15, 0.2) is 30.3 Å². The van der Waals surface area contributed by atoms with Crippen LogP contribution < -0.4 is 10.6 Å². The molecule has 0 aromatic heterocycles. The minimum absolute atomic E-state index is 0.0686. The molecule has 3 rings (SSSR count). The number of carbonyl (C=O) groups is 2. The van der Waals surface area contributed by atoms with Gasteiger partial charge in [0, 0.05) is 31.2 Å². The second-order valence-corrected chi connectivity index (χ2v) is 7.78. The Kier molecular flexibility index (Phi) is 5.61. The largest absolute Gasteiger partial charge is 0.338 e. The lowest BCUT2D eigenvalue weighted by atomic mass is 9.89. The van der Waals surface area contributed by atoms with Gasteiger partial charge in [-0.3, -0.25) is 4.79 Å². The number of urea groups is 1. The summed E-state index contributed by atoms with van der Waals surface area (Å²) in [6.07, 6.45) is 6.56. The summed E-state index contributed by atoms with van der Waals surface area (Å²) < 4.78 is 0. The number of rotatable bonds is 4. The summed E-state index contributed by atoms with van der Waals surface area (Å²) >= 11 is 0. The summed E-state index contributed by atoms with van der Waals surface area (Å²) in [5, 5.41) is 6.11. The van der Waals surface area contributed by atoms with Gasteiger partial charge in [-0.25, -0.2) is 4.79 Å². The molecule has 2 aliphatic rings. The van der Waals surface area contributed by atoms with Gasteiger partial charge in [0.25, 0.3) is 5.91 Å². The Morgan fingerprint density at radius 3 is 2.40 bits per heavy atom. The Bertz CT molecular complexity index is 588. The van der Waals surface area contributed by atoms with Gasteiger partial charge >= 0.3 is 6.03 Å². The predicted octanol–water partition coefficient (Wildman–Crippen LogP) is 3.17. The average molecular weight is 343 g/mol. The monoisotopic (exact) mass is 343 g/mol. The van der Waals surface area contributed by atoms with Crippen LogP contribution in [0, 0.1) is 5.41 Å². The Hall–Kier alpha value is -2.04. The normalized spacial score (nSPS) is 20.3. The molecule has 0 radical (unpaired) electrons. The molecule has 136 valence electrons. The lowest BCUT2D eigenvalue weighted by Gasteiger charge is -2.33. The predicted molar refractivity (Wildman–Crippen MR) is 98.5 cm³/mol. The van der Waals surface area contributed by atoms with Gasteiger partial charge in [-0.15, -0.1) is 0 Å². The number of carbonyl (C=O) groups excluding carboxylic acids is 2. The molecule has 2 N–H and O–H groups in total. The van der Waals surface area contributed by atoms with E-state index in [-0.39, 0.29) is 23.4 Å². The second-order valence-electron chi connectivity index (χ2n) is 7.78. The summed E-state index contributed by atoms with van der Waals surface area (Å²) in [5.74, 6) is 0.0812. The van der Waals surface area contributed by atoms with Crippen LogP contribution in [0.2, 0.25) is 0 Å². The van der Waals surface area contributed by atoms with Crippen LogP contribution in [0.25, 0.3) is 0 Å². The zero-order valence-electron chi connectivity index (χ0n) is 15.1. The fourth-order valence-electron chi connectivity index (χ4n) is 3.93. The Labute approximate surface area is 150 Å². The van der Waals surface area contributed by atoms with E-state index in [2.05, 4.69) is 17.6 Å². The summed E-state index contributed by atoms with van der Waals surface area (Å²) in [6.45, 7) is 4.39. The fraction of sp³-hybridized carbons (Fsp3) is 0.600. The van der Waals surface area contributed by atoms with Gasteiger partial charge in [0.05, 0.1) is 0 Å². The van der Waals surface area contributed by atoms with Crippen molar-refractivity contribution in [3.63, 3.8) is 0 Å². The van der Waals surface area contributed by atoms with Crippen molar-refractivity contribution in [3.8, 4) is 0 Å². The first-order chi connectivity index (χ1) is 12.1. The Balaban J connectivity index is 1.40. The molecule has 5 heteroatoms. The van der Waals surface area contributed by atoms with E-state index < -0.39 is 0 Å². The SMILES string of the molecule is CC1(CNC(=O)NC2CCN(C(=O)c3ccccc3)CC2)CCCC1. The van der Waals surface area contributed by atoms with Crippen LogP contribution in [-0.2, 0) is 0 Å². The third-order valence-electron chi connectivity index (χ3n) is 5.62. The first-order valence-corrected chi connectivity index (χ1v) is 9.44. The van der Waals surface area contributed by atoms with Gasteiger partial charge in [-0.1, -0.05) is 38.0 Å². The lowest BCUT2D eigenvalue weighted by molar-refractivity contribution is 0.0708. The molecule has 0 bridgehead atoms. The van der Waals surface area contributed by atoms with Crippen molar-refractivity contribution in [3.05, 3.63) is 35.9 Å². The summed E-state index contributed by atoms with van der Waals surface area (Å²) in [6, 6.07) is 9.47. The maximum atomic E-state index is 12.4. The van der Waals surface area contributed by atoms with Crippen LogP contribution in [0.1, 0.15) is 55.8 Å². The molecule has 1 saturated heterocycles. The van der Waals surface area contributed by atoms with E-state index in [0.717, 1.165) is 24.9 Å². The third-order valence-corrected chi connectivity index (χ3v) is 5.62. The van der Waals surface area contributed by atoms with Crippen LogP contribution >= 0.6 is 0 Å². The van der Waals surface area contributed by atoms with Gasteiger partial charge in [0.15, 0.2) is 0 Å². The zero-order valence-corrected chi connectivity index (χ0v) is 15.1. The minimum Gasteiger partial charge on any atom is -0.338 e. The number of nitrogens with one attached hydrogen (secondary N) is 2. The fourth-order valence-corrected chi connectivity index (χ4v) is 3.93. The first-order valence-electron chi connectivity index (χ1n) is 9.44. The smallest absolute Gasteiger partial charge is 0.315 e. The topological polar surface area (TPSA) is 61.4 Å². The highest BCUT2D eigenvalue weighted by Gasteiger charge is 2.29. The quantitative estimate of drug-likeness (QED) is 0.882. The van der Waals surface area contributed by atoms with Gasteiger partial charge < -0.3 is 15.5 Å². The number of amides is 3. The minimum atomic E-state index is -0.0686. The average Bonchev–Trinajstić information content (AvgIpc) is 3.08. The van der Waals surface area contributed by atoms with E-state index in [4.69, 9.17) is 0 Å². The lowest BCUT2D eigenvalue weighted by Crippen LogP contribution is -2.50. The highest BCUT2D eigenvalue weighted by Crippen LogP contribution is 2.36. The van der Waals surface area contributed by atoms with Crippen molar-refractivity contribution in [2.24, 2.45) is 5.41 Å². The third kappa shape index (κ3) is 4.74. The highest BCUT2D eigenvalue weighted by atomic mass is 16.2. The van der Waals surface area contributed by atoms with Gasteiger partial charge in [-0.2, -0.15) is 0 Å². The van der Waals surface area contributed by atoms with Crippen molar-refractivity contribution in [1.29, 1.82) is 0 Å². The second kappa shape index (κ2) is 7.89. The van der Waals surface area contributed by atoms with Crippen LogP contribution in [0.4, 0.5) is 4.79 Å². The molecule has 1 aliphatic carbocycles. The standard InChI is InChI=1S/C20H29N3O2/c1-20(11-5-6-12-20)15-21-19(25)22-17-9-13-23(14-10-17)18(24)16-7-3-2-4-8-16/h2-4,7-8,17H,5-6,9-15H2,1H3,(H2,21,22,25). The number of likely N-dealkylation sites (tertiary alicyclic amines) is 1. The Morgan fingerprint density at radius 1 is 1.12 bits per heavy atom. The summed E-state index contributed by atoms with van der Waals surface area (Å²) in [4.78, 5) is 26.5. The molecule has 3 amide bonds. The summed E-state index contributed by atoms with van der Waals surface area (Å²) in [7, 11) is 0. The number of nitrogens with zero attached hydrogens (tertiary/aromatic N) is 1. The van der Waals surface area contributed by atoms with Crippen molar-refractivity contribution in [2.75, 3.05) is 19.6 Å². The molecule has 0 atom stereocenters. The van der Waals surface area contributed by atoms with Crippen molar-refractivity contribution >= 4 is 11.9 Å². The molecule has 2 fully saturated rings. The maximum Gasteiger partial charge on any atom is 0.315 e. The van der Waals surface area contributed by atoms with Crippen LogP contribution in [0.5, 0.6) is 0 Å². The molecular formula is C20H29N3O2. The molecular weight excluding hydrogens is 314 g/mol. The molecule has 25 heavy (non-hydrogen) atoms. The molecule has 1 aliphatic heterocycles. The van der Waals surface area contributed by atoms with Crippen LogP contribution in [0.3, 0.4) is 0 Å². The van der Waals surface area contributed by atoms with E-state index in [1.54, 1.807) is 0 Å². The number of piperidine rings is 1. The number of benzene rings is 1. The van der Waals surface area contributed by atoms with Crippen molar-refractivity contribution in [2.45, 2.75) is 51.5 Å². The molecule has 0 spiro atoms. The van der Waals surface area contributed by atoms with Crippen molar-refractivity contribution in [1.82, 2.24) is 15.5 Å². The molecule has 1 aromatic rings. The van der Waals surface area contributed by atoms with E-state index in [1.807, 2.05) is 35.2 Å². The van der Waals surface area contributed by atoms with Crippen LogP contribution in [-0.4, -0.2) is 42.5 Å². The van der Waals surface area contributed by atoms with E-state index in [0.29, 0.717) is 13.1 Å². The number of hydrogen-bond donors (Lipinski definition) is 2. The highest BCUT2D eigenvalue weighted by molar-refractivity contribution is 5.94. The molecule has 1 saturated carbocycles. The Morgan fingerprint density at radius 2 is 1.76 bits per heavy atom. The molecule has 1 heterocycles. The van der Waals surface area contributed by atoms with Gasteiger partial charge in [-0.05, 0) is 43.2 Å². The molecule has 1 aromatic carbocycles. The summed E-state index contributed by atoms with van der Waals surface area (Å²) in [5.41, 5.74) is 1.000. The van der Waals surface area contributed by atoms with E-state index in [1.165, 1.54) is 25.7 Å². The molecule has 0 unspecified atom stereocenters. The molecule has 5 nitrogen and oxygen atoms in total. The number of hydrogen-bond acceptors (Lipinski definition) is 2. The van der Waals surface area contributed by atoms with Gasteiger partial charge in [0.2, 0.25) is 0 Å². The van der Waals surface area contributed by atoms with E-state index in [9.17, 15) is 9.59 Å². The van der Waals surface area contributed by atoms with Gasteiger partial charge in [0.1, 0.15) is 0 Å².